The highest BCUT2D eigenvalue weighted by atomic mass is 35.5. The van der Waals surface area contributed by atoms with Crippen LogP contribution in [0.2, 0.25) is 0 Å². The van der Waals surface area contributed by atoms with Crippen molar-refractivity contribution in [3.8, 4) is 0 Å². The molecule has 1 atom stereocenters. The summed E-state index contributed by atoms with van der Waals surface area (Å²) in [6.07, 6.45) is 1.30. The van der Waals surface area contributed by atoms with E-state index < -0.39 is 0 Å². The molecule has 1 amide bonds. The molecule has 0 aliphatic rings. The van der Waals surface area contributed by atoms with Crippen LogP contribution in [0.3, 0.4) is 0 Å². The van der Waals surface area contributed by atoms with Crippen molar-refractivity contribution >= 4 is 18.3 Å². The number of benzene rings is 1. The van der Waals surface area contributed by atoms with Crippen LogP contribution in [0.5, 0.6) is 0 Å². The van der Waals surface area contributed by atoms with Crippen molar-refractivity contribution in [2.24, 2.45) is 5.73 Å². The van der Waals surface area contributed by atoms with Crippen LogP contribution in [0.4, 0.5) is 0 Å². The lowest BCUT2D eigenvalue weighted by Gasteiger charge is -2.11. The van der Waals surface area contributed by atoms with Gasteiger partial charge in [-0.25, -0.2) is 0 Å². The molecule has 0 bridgehead atoms. The molecule has 19 heavy (non-hydrogen) atoms. The third kappa shape index (κ3) is 6.60. The van der Waals surface area contributed by atoms with Crippen LogP contribution < -0.4 is 11.1 Å². The molecule has 0 aliphatic carbocycles. The number of nitrogens with two attached hydrogens (primary N) is 1. The number of carbonyl (C=O) groups is 1. The molecule has 0 saturated heterocycles. The van der Waals surface area contributed by atoms with Crippen molar-refractivity contribution in [1.82, 2.24) is 5.32 Å². The minimum Gasteiger partial charge on any atom is -0.352 e. The number of amides is 1. The van der Waals surface area contributed by atoms with Crippen molar-refractivity contribution < 1.29 is 4.79 Å². The van der Waals surface area contributed by atoms with Crippen LogP contribution in [0.1, 0.15) is 44.2 Å². The summed E-state index contributed by atoms with van der Waals surface area (Å²) in [7, 11) is 0. The zero-order chi connectivity index (χ0) is 13.5. The lowest BCUT2D eigenvalue weighted by Crippen LogP contribution is -2.37. The smallest absolute Gasteiger partial charge is 0.220 e. The molecule has 0 saturated carbocycles. The van der Waals surface area contributed by atoms with Crippen molar-refractivity contribution in [1.29, 1.82) is 0 Å². The van der Waals surface area contributed by atoms with Crippen molar-refractivity contribution in [2.45, 2.75) is 45.6 Å². The Bertz CT molecular complexity index is 376. The zero-order valence-corrected chi connectivity index (χ0v) is 12.8. The number of hydrogen-bond donors (Lipinski definition) is 2. The maximum Gasteiger partial charge on any atom is 0.220 e. The third-order valence-corrected chi connectivity index (χ3v) is 3.05. The van der Waals surface area contributed by atoms with Crippen molar-refractivity contribution in [2.75, 3.05) is 6.54 Å². The minimum absolute atomic E-state index is 0. The Hall–Kier alpha value is -1.06. The van der Waals surface area contributed by atoms with E-state index in [1.165, 1.54) is 11.1 Å². The van der Waals surface area contributed by atoms with Gasteiger partial charge in [-0.2, -0.15) is 0 Å². The van der Waals surface area contributed by atoms with E-state index in [4.69, 9.17) is 5.73 Å². The fourth-order valence-corrected chi connectivity index (χ4v) is 1.73. The van der Waals surface area contributed by atoms with Gasteiger partial charge in [0.15, 0.2) is 0 Å². The second-order valence-electron chi connectivity index (χ2n) is 5.10. The van der Waals surface area contributed by atoms with Gasteiger partial charge in [-0.3, -0.25) is 4.79 Å². The molecular formula is C15H25ClN2O. The van der Waals surface area contributed by atoms with Gasteiger partial charge in [0.1, 0.15) is 0 Å². The van der Waals surface area contributed by atoms with Crippen molar-refractivity contribution in [3.63, 3.8) is 0 Å². The van der Waals surface area contributed by atoms with Crippen LogP contribution in [0.15, 0.2) is 24.3 Å². The summed E-state index contributed by atoms with van der Waals surface area (Å²) >= 11 is 0. The van der Waals surface area contributed by atoms with Gasteiger partial charge in [0.2, 0.25) is 5.91 Å². The molecule has 0 radical (unpaired) electrons. The number of carbonyl (C=O) groups excluding carboxylic acids is 1. The summed E-state index contributed by atoms with van der Waals surface area (Å²) < 4.78 is 0. The monoisotopic (exact) mass is 284 g/mol. The van der Waals surface area contributed by atoms with Gasteiger partial charge in [-0.15, -0.1) is 12.4 Å². The number of rotatable bonds is 6. The molecule has 3 N–H and O–H groups in total. The SMILES string of the molecule is CC(C)c1ccc(CCC(=O)N[C@@H](C)CN)cc1.Cl. The second kappa shape index (κ2) is 8.94. The Morgan fingerprint density at radius 2 is 1.79 bits per heavy atom. The van der Waals surface area contributed by atoms with Crippen LogP contribution >= 0.6 is 12.4 Å². The van der Waals surface area contributed by atoms with E-state index in [2.05, 4.69) is 43.4 Å². The average Bonchev–Trinajstić information content (AvgIpc) is 2.36. The quantitative estimate of drug-likeness (QED) is 0.844. The van der Waals surface area contributed by atoms with E-state index in [1.54, 1.807) is 0 Å². The van der Waals surface area contributed by atoms with Crippen LogP contribution in [-0.2, 0) is 11.2 Å². The highest BCUT2D eigenvalue weighted by molar-refractivity contribution is 5.85. The van der Waals surface area contributed by atoms with Crippen molar-refractivity contribution in [3.05, 3.63) is 35.4 Å². The van der Waals surface area contributed by atoms with Gasteiger partial charge in [0.05, 0.1) is 0 Å². The molecule has 108 valence electrons. The largest absolute Gasteiger partial charge is 0.352 e. The summed E-state index contributed by atoms with van der Waals surface area (Å²) in [4.78, 5) is 11.6. The first-order chi connectivity index (χ1) is 8.52. The summed E-state index contributed by atoms with van der Waals surface area (Å²) in [6.45, 7) is 6.75. The summed E-state index contributed by atoms with van der Waals surface area (Å²) in [6, 6.07) is 8.55. The molecule has 1 aromatic carbocycles. The molecule has 0 aromatic heterocycles. The van der Waals surface area contributed by atoms with E-state index in [1.807, 2.05) is 6.92 Å². The van der Waals surface area contributed by atoms with E-state index in [0.717, 1.165) is 6.42 Å². The lowest BCUT2D eigenvalue weighted by atomic mass is 10.0. The molecule has 1 aromatic rings. The molecule has 0 unspecified atom stereocenters. The Balaban J connectivity index is 0.00000324. The number of aryl methyl sites for hydroxylation is 1. The third-order valence-electron chi connectivity index (χ3n) is 3.05. The Morgan fingerprint density at radius 3 is 2.26 bits per heavy atom. The average molecular weight is 285 g/mol. The molecule has 0 aliphatic heterocycles. The number of nitrogens with one attached hydrogen (secondary N) is 1. The maximum absolute atomic E-state index is 11.6. The topological polar surface area (TPSA) is 55.1 Å². The predicted octanol–water partition coefficient (Wildman–Crippen LogP) is 2.63. The van der Waals surface area contributed by atoms with Gasteiger partial charge in [-0.05, 0) is 30.4 Å². The van der Waals surface area contributed by atoms with E-state index in [0.29, 0.717) is 18.9 Å². The number of hydrogen-bond acceptors (Lipinski definition) is 2. The molecule has 0 fully saturated rings. The molecular weight excluding hydrogens is 260 g/mol. The summed E-state index contributed by atoms with van der Waals surface area (Å²) in [5.74, 6) is 0.619. The van der Waals surface area contributed by atoms with Gasteiger partial charge < -0.3 is 11.1 Å². The fraction of sp³-hybridized carbons (Fsp3) is 0.533. The van der Waals surface area contributed by atoms with E-state index >= 15 is 0 Å². The molecule has 4 heteroatoms. The van der Waals surface area contributed by atoms with Gasteiger partial charge in [0.25, 0.3) is 0 Å². The van der Waals surface area contributed by atoms with Crippen LogP contribution in [0.25, 0.3) is 0 Å². The zero-order valence-electron chi connectivity index (χ0n) is 12.0. The summed E-state index contributed by atoms with van der Waals surface area (Å²) in [5.41, 5.74) is 7.99. The van der Waals surface area contributed by atoms with Crippen LogP contribution in [0, 0.1) is 0 Å². The minimum atomic E-state index is 0. The standard InChI is InChI=1S/C15H24N2O.ClH/c1-11(2)14-7-4-13(5-8-14)6-9-15(18)17-12(3)10-16;/h4-5,7-8,11-12H,6,9-10,16H2,1-3H3,(H,17,18);1H/t12-;/m0./s1. The van der Waals surface area contributed by atoms with Gasteiger partial charge in [0, 0.05) is 19.0 Å². The predicted molar refractivity (Wildman–Crippen MR) is 82.8 cm³/mol. The summed E-state index contributed by atoms with van der Waals surface area (Å²) in [5, 5.41) is 2.87. The van der Waals surface area contributed by atoms with E-state index in [-0.39, 0.29) is 24.4 Å². The first kappa shape index (κ1) is 17.9. The maximum atomic E-state index is 11.6. The van der Waals surface area contributed by atoms with E-state index in [9.17, 15) is 4.79 Å². The van der Waals surface area contributed by atoms with Gasteiger partial charge in [-0.1, -0.05) is 38.1 Å². The first-order valence-electron chi connectivity index (χ1n) is 6.61. The molecule has 0 heterocycles. The molecule has 1 rings (SSSR count). The first-order valence-corrected chi connectivity index (χ1v) is 6.61. The molecule has 3 nitrogen and oxygen atoms in total. The Labute approximate surface area is 122 Å². The Morgan fingerprint density at radius 1 is 1.21 bits per heavy atom. The number of halogens is 1. The lowest BCUT2D eigenvalue weighted by molar-refractivity contribution is -0.121. The fourth-order valence-electron chi connectivity index (χ4n) is 1.73. The molecule has 0 spiro atoms. The normalized spacial score (nSPS) is 11.8. The Kier molecular flexibility index (Phi) is 8.44. The van der Waals surface area contributed by atoms with Gasteiger partial charge >= 0.3 is 0 Å². The highest BCUT2D eigenvalue weighted by Crippen LogP contribution is 2.15. The highest BCUT2D eigenvalue weighted by Gasteiger charge is 2.06. The van der Waals surface area contributed by atoms with Crippen LogP contribution in [-0.4, -0.2) is 18.5 Å². The second-order valence-corrected chi connectivity index (χ2v) is 5.10.